The molecule has 0 heterocycles. The zero-order chi connectivity index (χ0) is 19.9. The van der Waals surface area contributed by atoms with E-state index in [1.807, 2.05) is 6.08 Å². The van der Waals surface area contributed by atoms with Crippen molar-refractivity contribution in [2.24, 2.45) is 17.8 Å². The van der Waals surface area contributed by atoms with E-state index in [2.05, 4.69) is 41.2 Å². The van der Waals surface area contributed by atoms with E-state index in [1.54, 1.807) is 6.92 Å². The van der Waals surface area contributed by atoms with E-state index < -0.39 is 0 Å². The zero-order valence-electron chi connectivity index (χ0n) is 18.4. The Kier molecular flexibility index (Phi) is 14.4. The van der Waals surface area contributed by atoms with Crippen LogP contribution in [0.4, 0.5) is 0 Å². The highest BCUT2D eigenvalue weighted by Gasteiger charge is 2.07. The molecule has 0 amide bonds. The van der Waals surface area contributed by atoms with Crippen LogP contribution in [0, 0.1) is 17.8 Å². The first-order chi connectivity index (χ1) is 12.2. The highest BCUT2D eigenvalue weighted by molar-refractivity contribution is 5.86. The summed E-state index contributed by atoms with van der Waals surface area (Å²) in [5.74, 6) is 2.24. The van der Waals surface area contributed by atoms with Crippen LogP contribution >= 0.6 is 0 Å². The Morgan fingerprint density at radius 3 is 1.88 bits per heavy atom. The van der Waals surface area contributed by atoms with Gasteiger partial charge < -0.3 is 4.74 Å². The Balaban J connectivity index is 3.71. The van der Waals surface area contributed by atoms with Gasteiger partial charge in [-0.15, -0.1) is 0 Å². The van der Waals surface area contributed by atoms with Crippen molar-refractivity contribution in [3.8, 4) is 0 Å². The van der Waals surface area contributed by atoms with E-state index in [-0.39, 0.29) is 5.97 Å². The molecule has 0 aliphatic rings. The number of carbonyl (C=O) groups is 1. The third-order valence-corrected chi connectivity index (χ3v) is 5.13. The topological polar surface area (TPSA) is 26.3 Å². The second kappa shape index (κ2) is 15.1. The van der Waals surface area contributed by atoms with Crippen molar-refractivity contribution in [1.82, 2.24) is 0 Å². The molecule has 0 rings (SSSR count). The summed E-state index contributed by atoms with van der Waals surface area (Å²) in [4.78, 5) is 11.3. The van der Waals surface area contributed by atoms with Gasteiger partial charge in [-0.2, -0.15) is 0 Å². The molecule has 0 radical (unpaired) electrons. The quantitative estimate of drug-likeness (QED) is 0.171. The lowest BCUT2D eigenvalue weighted by Gasteiger charge is -2.15. The molecule has 0 aromatic rings. The number of esters is 1. The fourth-order valence-electron chi connectivity index (χ4n) is 3.19. The van der Waals surface area contributed by atoms with Gasteiger partial charge >= 0.3 is 5.97 Å². The summed E-state index contributed by atoms with van der Waals surface area (Å²) in [6.07, 6.45) is 13.9. The van der Waals surface area contributed by atoms with Gasteiger partial charge in [0.25, 0.3) is 0 Å². The first kappa shape index (κ1) is 24.9. The van der Waals surface area contributed by atoms with E-state index in [9.17, 15) is 4.79 Å². The predicted molar refractivity (Wildman–Crippen MR) is 114 cm³/mol. The molecule has 152 valence electrons. The van der Waals surface area contributed by atoms with Crippen molar-refractivity contribution < 1.29 is 9.53 Å². The number of rotatable bonds is 15. The van der Waals surface area contributed by atoms with Gasteiger partial charge in [0.2, 0.25) is 0 Å². The molecule has 2 nitrogen and oxygen atoms in total. The molecular weight excluding hydrogens is 320 g/mol. The second-order valence-electron chi connectivity index (χ2n) is 8.79. The minimum Gasteiger partial charge on any atom is -0.458 e. The third kappa shape index (κ3) is 15.2. The van der Waals surface area contributed by atoms with Crippen molar-refractivity contribution in [3.63, 3.8) is 0 Å². The number of hydrogen-bond acceptors (Lipinski definition) is 2. The molecule has 0 fully saturated rings. The average Bonchev–Trinajstić information content (AvgIpc) is 2.54. The molecule has 0 aliphatic carbocycles. The Morgan fingerprint density at radius 1 is 0.885 bits per heavy atom. The van der Waals surface area contributed by atoms with Gasteiger partial charge in [0, 0.05) is 5.57 Å². The largest absolute Gasteiger partial charge is 0.458 e. The third-order valence-electron chi connectivity index (χ3n) is 5.13. The van der Waals surface area contributed by atoms with Gasteiger partial charge in [0.15, 0.2) is 0 Å². The Bertz CT molecular complexity index is 420. The van der Waals surface area contributed by atoms with Gasteiger partial charge in [-0.05, 0) is 50.5 Å². The fraction of sp³-hybridized carbons (Fsp3) is 0.792. The van der Waals surface area contributed by atoms with Crippen LogP contribution in [-0.4, -0.2) is 12.6 Å². The molecule has 0 unspecified atom stereocenters. The summed E-state index contributed by atoms with van der Waals surface area (Å²) in [6, 6.07) is 0. The molecule has 2 heteroatoms. The van der Waals surface area contributed by atoms with Gasteiger partial charge in [0.05, 0.1) is 0 Å². The summed E-state index contributed by atoms with van der Waals surface area (Å²) in [7, 11) is 0. The van der Waals surface area contributed by atoms with E-state index in [4.69, 9.17) is 4.74 Å². The molecule has 0 aliphatic heterocycles. The van der Waals surface area contributed by atoms with Crippen molar-refractivity contribution in [2.45, 2.75) is 99.3 Å². The van der Waals surface area contributed by atoms with Gasteiger partial charge in [-0.1, -0.05) is 84.8 Å². The summed E-state index contributed by atoms with van der Waals surface area (Å²) in [6.45, 7) is 17.2. The lowest BCUT2D eigenvalue weighted by molar-refractivity contribution is -0.137. The molecule has 0 saturated carbocycles. The molecule has 26 heavy (non-hydrogen) atoms. The maximum Gasteiger partial charge on any atom is 0.333 e. The normalized spacial score (nSPS) is 14.3. The zero-order valence-corrected chi connectivity index (χ0v) is 18.4. The van der Waals surface area contributed by atoms with Gasteiger partial charge in [0.1, 0.15) is 6.61 Å². The summed E-state index contributed by atoms with van der Waals surface area (Å²) >= 11 is 0. The molecule has 0 aromatic carbocycles. The van der Waals surface area contributed by atoms with Crippen LogP contribution in [0.2, 0.25) is 0 Å². The molecular formula is C24H44O2. The van der Waals surface area contributed by atoms with Gasteiger partial charge in [-0.25, -0.2) is 4.79 Å². The molecule has 0 spiro atoms. The van der Waals surface area contributed by atoms with Crippen LogP contribution in [0.5, 0.6) is 0 Å². The fourth-order valence-corrected chi connectivity index (χ4v) is 3.19. The number of carbonyl (C=O) groups excluding carboxylic acids is 1. The van der Waals surface area contributed by atoms with Crippen LogP contribution in [0.25, 0.3) is 0 Å². The van der Waals surface area contributed by atoms with Crippen molar-refractivity contribution in [3.05, 3.63) is 23.8 Å². The lowest BCUT2D eigenvalue weighted by Crippen LogP contribution is -2.05. The highest BCUT2D eigenvalue weighted by atomic mass is 16.5. The van der Waals surface area contributed by atoms with Crippen LogP contribution in [-0.2, 0) is 9.53 Å². The average molecular weight is 365 g/mol. The first-order valence-corrected chi connectivity index (χ1v) is 10.7. The monoisotopic (exact) mass is 364 g/mol. The number of hydrogen-bond donors (Lipinski definition) is 0. The number of allylic oxidation sites excluding steroid dienone is 1. The maximum atomic E-state index is 11.3. The summed E-state index contributed by atoms with van der Waals surface area (Å²) in [5.41, 5.74) is 1.77. The molecule has 2 atom stereocenters. The van der Waals surface area contributed by atoms with Crippen molar-refractivity contribution in [2.75, 3.05) is 6.61 Å². The molecule has 0 N–H and O–H groups in total. The predicted octanol–water partition coefficient (Wildman–Crippen LogP) is 7.49. The number of ether oxygens (including phenoxy) is 1. The lowest BCUT2D eigenvalue weighted by atomic mass is 9.91. The van der Waals surface area contributed by atoms with Gasteiger partial charge in [-0.3, -0.25) is 0 Å². The minimum atomic E-state index is -0.305. The molecule has 0 bridgehead atoms. The summed E-state index contributed by atoms with van der Waals surface area (Å²) in [5, 5.41) is 0. The smallest absolute Gasteiger partial charge is 0.333 e. The van der Waals surface area contributed by atoms with Crippen LogP contribution in [0.3, 0.4) is 0 Å². The first-order valence-electron chi connectivity index (χ1n) is 10.7. The summed E-state index contributed by atoms with van der Waals surface area (Å²) < 4.78 is 5.10. The SMILES string of the molecule is C=C(C)C(=O)OC/C=C(\C)CCC[C@H](C)CCC[C@H](C)CCCC(C)C. The van der Waals surface area contributed by atoms with E-state index in [0.717, 1.165) is 24.2 Å². The van der Waals surface area contributed by atoms with Crippen molar-refractivity contribution >= 4 is 5.97 Å². The maximum absolute atomic E-state index is 11.3. The minimum absolute atomic E-state index is 0.305. The standard InChI is InChI=1S/C24H44O2/c1-19(2)11-8-12-21(5)13-9-14-22(6)15-10-16-23(7)17-18-26-24(25)20(3)4/h17,19,21-22H,3,8-16,18H2,1-2,4-7H3/b23-17+/t21-,22-/m1/s1. The second-order valence-corrected chi connectivity index (χ2v) is 8.79. The Labute approximate surface area is 163 Å². The van der Waals surface area contributed by atoms with Crippen LogP contribution in [0.15, 0.2) is 23.8 Å². The van der Waals surface area contributed by atoms with E-state index >= 15 is 0 Å². The highest BCUT2D eigenvalue weighted by Crippen LogP contribution is 2.22. The Morgan fingerprint density at radius 2 is 1.38 bits per heavy atom. The molecule has 0 aromatic heterocycles. The van der Waals surface area contributed by atoms with Crippen LogP contribution < -0.4 is 0 Å². The van der Waals surface area contributed by atoms with E-state index in [1.165, 1.54) is 56.9 Å². The van der Waals surface area contributed by atoms with Crippen LogP contribution in [0.1, 0.15) is 99.3 Å². The van der Waals surface area contributed by atoms with E-state index in [0.29, 0.717) is 12.2 Å². The molecule has 0 saturated heterocycles. The Hall–Kier alpha value is -1.05. The van der Waals surface area contributed by atoms with Crippen molar-refractivity contribution in [1.29, 1.82) is 0 Å².